The number of amides is 1. The van der Waals surface area contributed by atoms with E-state index in [1.165, 1.54) is 4.31 Å². The number of ether oxygens (including phenoxy) is 1. The molecule has 0 aromatic carbocycles. The van der Waals surface area contributed by atoms with Crippen LogP contribution in [0.15, 0.2) is 0 Å². The highest BCUT2D eigenvalue weighted by Gasteiger charge is 2.64. The molecule has 0 saturated carbocycles. The Labute approximate surface area is 157 Å². The van der Waals surface area contributed by atoms with Gasteiger partial charge in [-0.3, -0.25) is 9.69 Å². The molecule has 3 fully saturated rings. The standard InChI is InChI=1S/C17H32N4O4S/c1-18(2)26(23,24)21-9-5-16(6-10-21)13-20(11-12-25-4)14-17(16)7-8-19(3)15(17)22/h5-14H2,1-4H3/t17-/m1/s1. The minimum Gasteiger partial charge on any atom is -0.383 e. The maximum absolute atomic E-state index is 13.1. The summed E-state index contributed by atoms with van der Waals surface area (Å²) in [6, 6.07) is 0. The van der Waals surface area contributed by atoms with E-state index in [0.29, 0.717) is 19.7 Å². The third-order valence-electron chi connectivity index (χ3n) is 6.74. The number of hydrogen-bond donors (Lipinski definition) is 0. The van der Waals surface area contributed by atoms with Gasteiger partial charge in [-0.25, -0.2) is 0 Å². The molecule has 0 aliphatic carbocycles. The number of methoxy groups -OCH3 is 1. The van der Waals surface area contributed by atoms with Crippen molar-refractivity contribution in [1.82, 2.24) is 18.4 Å². The molecule has 3 heterocycles. The molecule has 0 bridgehead atoms. The second-order valence-electron chi connectivity index (χ2n) is 8.23. The molecule has 0 radical (unpaired) electrons. The number of likely N-dealkylation sites (tertiary alicyclic amines) is 2. The lowest BCUT2D eigenvalue weighted by molar-refractivity contribution is -0.140. The van der Waals surface area contributed by atoms with Crippen LogP contribution in [0.3, 0.4) is 0 Å². The van der Waals surface area contributed by atoms with Gasteiger partial charge in [-0.05, 0) is 19.3 Å². The second-order valence-corrected chi connectivity index (χ2v) is 10.4. The van der Waals surface area contributed by atoms with E-state index in [2.05, 4.69) is 4.90 Å². The average Bonchev–Trinajstić information content (AvgIpc) is 3.06. The third kappa shape index (κ3) is 2.97. The molecular weight excluding hydrogens is 356 g/mol. The molecule has 3 aliphatic rings. The summed E-state index contributed by atoms with van der Waals surface area (Å²) in [5.41, 5.74) is -0.510. The summed E-state index contributed by atoms with van der Waals surface area (Å²) in [6.45, 7) is 4.84. The van der Waals surface area contributed by atoms with Crippen molar-refractivity contribution in [2.75, 3.05) is 74.1 Å². The zero-order valence-electron chi connectivity index (χ0n) is 16.4. The van der Waals surface area contributed by atoms with E-state index >= 15 is 0 Å². The van der Waals surface area contributed by atoms with Gasteiger partial charge in [0, 0.05) is 72.9 Å². The van der Waals surface area contributed by atoms with Crippen LogP contribution in [0, 0.1) is 10.8 Å². The van der Waals surface area contributed by atoms with Crippen molar-refractivity contribution in [2.45, 2.75) is 19.3 Å². The summed E-state index contributed by atoms with van der Waals surface area (Å²) < 4.78 is 33.0. The molecule has 9 heteroatoms. The molecule has 0 aromatic heterocycles. The summed E-state index contributed by atoms with van der Waals surface area (Å²) in [4.78, 5) is 17.3. The number of carbonyl (C=O) groups is 1. The smallest absolute Gasteiger partial charge is 0.281 e. The Morgan fingerprint density at radius 1 is 1.12 bits per heavy atom. The van der Waals surface area contributed by atoms with Crippen LogP contribution in [0.2, 0.25) is 0 Å². The highest BCUT2D eigenvalue weighted by atomic mass is 32.2. The van der Waals surface area contributed by atoms with Crippen LogP contribution >= 0.6 is 0 Å². The molecule has 1 amide bonds. The van der Waals surface area contributed by atoms with Gasteiger partial charge in [-0.2, -0.15) is 17.0 Å². The van der Waals surface area contributed by atoms with Gasteiger partial charge in [0.05, 0.1) is 12.0 Å². The van der Waals surface area contributed by atoms with Crippen molar-refractivity contribution in [2.24, 2.45) is 10.8 Å². The molecule has 1 atom stereocenters. The Morgan fingerprint density at radius 3 is 2.27 bits per heavy atom. The largest absolute Gasteiger partial charge is 0.383 e. The number of hydrogen-bond acceptors (Lipinski definition) is 5. The van der Waals surface area contributed by atoms with Gasteiger partial charge in [0.1, 0.15) is 0 Å². The molecule has 0 unspecified atom stereocenters. The predicted octanol–water partition coefficient (Wildman–Crippen LogP) is -0.314. The van der Waals surface area contributed by atoms with E-state index in [9.17, 15) is 13.2 Å². The van der Waals surface area contributed by atoms with E-state index in [1.807, 2.05) is 11.9 Å². The van der Waals surface area contributed by atoms with Crippen molar-refractivity contribution >= 4 is 16.1 Å². The summed E-state index contributed by atoms with van der Waals surface area (Å²) in [6.07, 6.45) is 2.35. The molecule has 8 nitrogen and oxygen atoms in total. The van der Waals surface area contributed by atoms with Crippen molar-refractivity contribution in [1.29, 1.82) is 0 Å². The van der Waals surface area contributed by atoms with Crippen LogP contribution in [0.4, 0.5) is 0 Å². The summed E-state index contributed by atoms with van der Waals surface area (Å²) in [5, 5.41) is 0. The van der Waals surface area contributed by atoms with Crippen LogP contribution in [0.5, 0.6) is 0 Å². The fourth-order valence-electron chi connectivity index (χ4n) is 5.15. The van der Waals surface area contributed by atoms with Gasteiger partial charge in [-0.15, -0.1) is 0 Å². The van der Waals surface area contributed by atoms with Gasteiger partial charge in [0.25, 0.3) is 10.2 Å². The minimum absolute atomic E-state index is 0.138. The van der Waals surface area contributed by atoms with Crippen molar-refractivity contribution in [3.63, 3.8) is 0 Å². The zero-order valence-corrected chi connectivity index (χ0v) is 17.2. The molecule has 0 N–H and O–H groups in total. The highest BCUT2D eigenvalue weighted by molar-refractivity contribution is 7.86. The van der Waals surface area contributed by atoms with Crippen molar-refractivity contribution in [3.8, 4) is 0 Å². The lowest BCUT2D eigenvalue weighted by Gasteiger charge is -2.46. The lowest BCUT2D eigenvalue weighted by atomic mass is 9.60. The number of fused-ring (bicyclic) bond motifs is 1. The molecular formula is C17H32N4O4S. The summed E-state index contributed by atoms with van der Waals surface area (Å²) in [5.74, 6) is 0.237. The Hall–Kier alpha value is -0.740. The Balaban J connectivity index is 1.84. The first-order chi connectivity index (χ1) is 12.2. The van der Waals surface area contributed by atoms with Gasteiger partial charge in [0.2, 0.25) is 5.91 Å². The summed E-state index contributed by atoms with van der Waals surface area (Å²) in [7, 11) is 3.32. The Bertz CT molecular complexity index is 645. The van der Waals surface area contributed by atoms with Gasteiger partial charge in [0.15, 0.2) is 0 Å². The SMILES string of the molecule is COCCN1CC2(CCN(S(=O)(=O)N(C)C)CC2)[C@]2(CCN(C)C2=O)C1. The second kappa shape index (κ2) is 7.01. The minimum atomic E-state index is -3.40. The molecule has 0 aromatic rings. The van der Waals surface area contributed by atoms with Crippen LogP contribution in [-0.4, -0.2) is 107 Å². The molecule has 150 valence electrons. The van der Waals surface area contributed by atoms with Crippen LogP contribution in [-0.2, 0) is 19.7 Å². The first-order valence-corrected chi connectivity index (χ1v) is 10.7. The number of nitrogens with zero attached hydrogens (tertiary/aromatic N) is 4. The number of carbonyl (C=O) groups excluding carboxylic acids is 1. The normalized spacial score (nSPS) is 30.3. The zero-order chi connectivity index (χ0) is 19.2. The van der Waals surface area contributed by atoms with Crippen LogP contribution in [0.1, 0.15) is 19.3 Å². The lowest BCUT2D eigenvalue weighted by Crippen LogP contribution is -2.54. The molecule has 3 rings (SSSR count). The first-order valence-electron chi connectivity index (χ1n) is 9.33. The van der Waals surface area contributed by atoms with Crippen LogP contribution < -0.4 is 0 Å². The highest BCUT2D eigenvalue weighted by Crippen LogP contribution is 2.57. The maximum atomic E-state index is 13.1. The fraction of sp³-hybridized carbons (Fsp3) is 0.941. The topological polar surface area (TPSA) is 73.4 Å². The van der Waals surface area contributed by atoms with E-state index in [1.54, 1.807) is 25.5 Å². The molecule has 3 aliphatic heterocycles. The van der Waals surface area contributed by atoms with E-state index in [0.717, 1.165) is 45.4 Å². The van der Waals surface area contributed by atoms with Gasteiger partial charge < -0.3 is 9.64 Å². The fourth-order valence-corrected chi connectivity index (χ4v) is 6.25. The van der Waals surface area contributed by atoms with Crippen LogP contribution in [0.25, 0.3) is 0 Å². The molecule has 26 heavy (non-hydrogen) atoms. The first kappa shape index (κ1) is 20.0. The van der Waals surface area contributed by atoms with E-state index in [-0.39, 0.29) is 16.7 Å². The van der Waals surface area contributed by atoms with Gasteiger partial charge >= 0.3 is 0 Å². The van der Waals surface area contributed by atoms with E-state index < -0.39 is 10.2 Å². The Morgan fingerprint density at radius 2 is 1.77 bits per heavy atom. The Kier molecular flexibility index (Phi) is 5.40. The van der Waals surface area contributed by atoms with E-state index in [4.69, 9.17) is 4.74 Å². The summed E-state index contributed by atoms with van der Waals surface area (Å²) >= 11 is 0. The number of piperidine rings is 1. The average molecular weight is 389 g/mol. The van der Waals surface area contributed by atoms with Crippen molar-refractivity contribution in [3.05, 3.63) is 0 Å². The monoisotopic (exact) mass is 388 g/mol. The van der Waals surface area contributed by atoms with Gasteiger partial charge in [-0.1, -0.05) is 0 Å². The predicted molar refractivity (Wildman–Crippen MR) is 98.8 cm³/mol. The maximum Gasteiger partial charge on any atom is 0.281 e. The molecule has 2 spiro atoms. The molecule has 3 saturated heterocycles. The van der Waals surface area contributed by atoms with Crippen molar-refractivity contribution < 1.29 is 17.9 Å². The number of rotatable bonds is 5. The quantitative estimate of drug-likeness (QED) is 0.646. The third-order valence-corrected chi connectivity index (χ3v) is 8.68.